The van der Waals surface area contributed by atoms with E-state index in [4.69, 9.17) is 19.9 Å². The van der Waals surface area contributed by atoms with E-state index in [0.717, 1.165) is 18.9 Å². The van der Waals surface area contributed by atoms with E-state index in [-0.39, 0.29) is 46.7 Å². The molecule has 0 spiro atoms. The number of carbonyl (C=O) groups is 2. The highest BCUT2D eigenvalue weighted by molar-refractivity contribution is 5.95. The van der Waals surface area contributed by atoms with Gasteiger partial charge in [0.05, 0.1) is 30.8 Å². The topological polar surface area (TPSA) is 143 Å². The van der Waals surface area contributed by atoms with Crippen molar-refractivity contribution >= 4 is 11.8 Å². The molecule has 3 heterocycles. The Hall–Kier alpha value is -5.21. The predicted molar refractivity (Wildman–Crippen MR) is 154 cm³/mol. The summed E-state index contributed by atoms with van der Waals surface area (Å²) in [4.78, 5) is 29.8. The van der Waals surface area contributed by atoms with Gasteiger partial charge in [0.1, 0.15) is 35.1 Å². The van der Waals surface area contributed by atoms with E-state index in [1.54, 1.807) is 0 Å². The zero-order valence-electron chi connectivity index (χ0n) is 24.6. The summed E-state index contributed by atoms with van der Waals surface area (Å²) in [6.07, 6.45) is -1.61. The largest absolute Gasteiger partial charge is 0.493 e. The first-order chi connectivity index (χ1) is 21.9. The molecule has 11 nitrogen and oxygen atoms in total. The van der Waals surface area contributed by atoms with Gasteiger partial charge in [-0.2, -0.15) is 13.2 Å². The fourth-order valence-corrected chi connectivity index (χ4v) is 5.01. The maximum atomic E-state index is 14.6. The summed E-state index contributed by atoms with van der Waals surface area (Å²) in [5, 5.41) is 10.4. The number of pyridine rings is 1. The normalized spacial score (nSPS) is 18.0. The smallest absolute Gasteiger partial charge is 0.398 e. The number of fused-ring (bicyclic) bond motifs is 1. The molecule has 0 radical (unpaired) electrons. The van der Waals surface area contributed by atoms with Crippen molar-refractivity contribution in [3.05, 3.63) is 77.4 Å². The lowest BCUT2D eigenvalue weighted by atomic mass is 9.82. The lowest BCUT2D eigenvalue weighted by molar-refractivity contribution is -0.149. The second-order valence-electron chi connectivity index (χ2n) is 11.3. The second kappa shape index (κ2) is 11.6. The van der Waals surface area contributed by atoms with Crippen molar-refractivity contribution in [1.82, 2.24) is 25.3 Å². The Labute approximate surface area is 259 Å². The molecule has 6 rings (SSSR count). The van der Waals surface area contributed by atoms with Gasteiger partial charge in [0.2, 0.25) is 5.91 Å². The van der Waals surface area contributed by atoms with Crippen molar-refractivity contribution in [3.8, 4) is 34.3 Å². The van der Waals surface area contributed by atoms with Crippen LogP contribution in [0.25, 0.3) is 17.1 Å². The monoisotopic (exact) mass is 640 g/mol. The van der Waals surface area contributed by atoms with Crippen LogP contribution in [-0.2, 0) is 10.2 Å². The van der Waals surface area contributed by atoms with Gasteiger partial charge in [0.15, 0.2) is 17.2 Å². The number of ether oxygens (including phenoxy) is 3. The van der Waals surface area contributed by atoms with Gasteiger partial charge in [-0.3, -0.25) is 9.59 Å². The average molecular weight is 641 g/mol. The Morgan fingerprint density at radius 2 is 1.89 bits per heavy atom. The molecule has 1 aliphatic heterocycles. The van der Waals surface area contributed by atoms with Crippen molar-refractivity contribution in [1.29, 1.82) is 0 Å². The molecule has 4 aromatic rings. The summed E-state index contributed by atoms with van der Waals surface area (Å²) in [7, 11) is 1.40. The summed E-state index contributed by atoms with van der Waals surface area (Å²) in [5.74, 6) is -3.63. The summed E-state index contributed by atoms with van der Waals surface area (Å²) in [6, 6.07) is 10.8. The van der Waals surface area contributed by atoms with Crippen LogP contribution in [0, 0.1) is 5.82 Å². The second-order valence-corrected chi connectivity index (χ2v) is 11.3. The molecular weight excluding hydrogens is 612 g/mol. The minimum absolute atomic E-state index is 0.0294. The molecule has 46 heavy (non-hydrogen) atoms. The van der Waals surface area contributed by atoms with Crippen LogP contribution in [0.15, 0.2) is 54.7 Å². The van der Waals surface area contributed by atoms with Gasteiger partial charge in [-0.1, -0.05) is 5.21 Å². The number of hydrogen-bond acceptors (Lipinski definition) is 8. The van der Waals surface area contributed by atoms with Crippen LogP contribution >= 0.6 is 0 Å². The molecule has 2 aromatic heterocycles. The van der Waals surface area contributed by atoms with E-state index in [1.165, 1.54) is 67.4 Å². The zero-order chi connectivity index (χ0) is 32.8. The quantitative estimate of drug-likeness (QED) is 0.245. The maximum Gasteiger partial charge on any atom is 0.398 e. The fraction of sp³-hybridized carbons (Fsp3) is 0.323. The van der Waals surface area contributed by atoms with E-state index < -0.39 is 47.4 Å². The standard InChI is InChI=1S/C31H28F4N6O5/c1-30(29(36)43)15-45-27-20(30)12-22(38-26(27)23-14-41(40-39-23)18-6-4-17(32)5-7-18)21(31(33,34)35)13-37-28(42)16-3-10-24(25(11-16)44-2)46-19-8-9-19/h3-7,10-12,14,19,21H,8-9,13,15H2,1-2H3,(H2,36,43)(H,37,42)/t21-,30+/m1/s1. The molecule has 2 aromatic carbocycles. The highest BCUT2D eigenvalue weighted by Gasteiger charge is 2.47. The van der Waals surface area contributed by atoms with E-state index >= 15 is 0 Å². The first-order valence-corrected chi connectivity index (χ1v) is 14.2. The van der Waals surface area contributed by atoms with Crippen molar-refractivity contribution in [2.75, 3.05) is 20.3 Å². The van der Waals surface area contributed by atoms with Gasteiger partial charge in [-0.15, -0.1) is 5.10 Å². The average Bonchev–Trinajstić information content (AvgIpc) is 3.58. The van der Waals surface area contributed by atoms with Crippen molar-refractivity contribution in [2.45, 2.75) is 43.4 Å². The molecule has 3 N–H and O–H groups in total. The molecule has 0 saturated heterocycles. The Balaban J connectivity index is 1.34. The number of alkyl halides is 3. The molecule has 1 saturated carbocycles. The summed E-state index contributed by atoms with van der Waals surface area (Å²) in [5.41, 5.74) is 4.19. The number of nitrogens with zero attached hydrogens (tertiary/aromatic N) is 4. The van der Waals surface area contributed by atoms with Gasteiger partial charge in [0.25, 0.3) is 5.91 Å². The van der Waals surface area contributed by atoms with Gasteiger partial charge in [-0.05, 0) is 68.3 Å². The Morgan fingerprint density at radius 3 is 2.54 bits per heavy atom. The number of halogens is 4. The number of benzene rings is 2. The summed E-state index contributed by atoms with van der Waals surface area (Å²) < 4.78 is 75.5. The Morgan fingerprint density at radius 1 is 1.15 bits per heavy atom. The number of hydrogen-bond donors (Lipinski definition) is 2. The molecule has 1 fully saturated rings. The minimum Gasteiger partial charge on any atom is -0.493 e. The van der Waals surface area contributed by atoms with Crippen LogP contribution < -0.4 is 25.3 Å². The highest BCUT2D eigenvalue weighted by Crippen LogP contribution is 2.46. The summed E-state index contributed by atoms with van der Waals surface area (Å²) >= 11 is 0. The summed E-state index contributed by atoms with van der Waals surface area (Å²) in [6.45, 7) is 0.336. The number of aromatic nitrogens is 4. The molecule has 0 unspecified atom stereocenters. The van der Waals surface area contributed by atoms with Gasteiger partial charge in [0, 0.05) is 17.7 Å². The van der Waals surface area contributed by atoms with Crippen molar-refractivity contribution < 1.29 is 41.4 Å². The molecule has 240 valence electrons. The number of carbonyl (C=O) groups excluding carboxylic acids is 2. The molecule has 0 bridgehead atoms. The predicted octanol–water partition coefficient (Wildman–Crippen LogP) is 4.23. The van der Waals surface area contributed by atoms with Crippen LogP contribution in [-0.4, -0.2) is 64.3 Å². The number of rotatable bonds is 10. The third-order valence-electron chi connectivity index (χ3n) is 7.93. The maximum absolute atomic E-state index is 14.6. The van der Waals surface area contributed by atoms with Gasteiger partial charge in [-0.25, -0.2) is 14.1 Å². The van der Waals surface area contributed by atoms with Crippen LogP contribution in [0.1, 0.15) is 47.3 Å². The van der Waals surface area contributed by atoms with E-state index in [1.807, 2.05) is 0 Å². The van der Waals surface area contributed by atoms with Gasteiger partial charge >= 0.3 is 6.18 Å². The third kappa shape index (κ3) is 5.91. The lowest BCUT2D eigenvalue weighted by Crippen LogP contribution is -2.40. The Bertz CT molecular complexity index is 1810. The van der Waals surface area contributed by atoms with Crippen LogP contribution in [0.2, 0.25) is 0 Å². The first-order valence-electron chi connectivity index (χ1n) is 14.2. The van der Waals surface area contributed by atoms with E-state index in [2.05, 4.69) is 20.6 Å². The molecular formula is C31H28F4N6O5. The van der Waals surface area contributed by atoms with Crippen LogP contribution in [0.4, 0.5) is 17.6 Å². The SMILES string of the molecule is COc1cc(C(=O)NC[C@H](c2cc3c(c(-c4cn(-c5ccc(F)cc5)nn4)n2)OC[C@]3(C)C(N)=O)C(F)(F)F)ccc1OC1CC1. The number of nitrogens with two attached hydrogens (primary N) is 1. The number of nitrogens with one attached hydrogen (secondary N) is 1. The molecule has 1 aliphatic carbocycles. The van der Waals surface area contributed by atoms with Crippen LogP contribution in [0.3, 0.4) is 0 Å². The number of methoxy groups -OCH3 is 1. The van der Waals surface area contributed by atoms with Crippen molar-refractivity contribution in [3.63, 3.8) is 0 Å². The molecule has 2 aliphatic rings. The van der Waals surface area contributed by atoms with Crippen molar-refractivity contribution in [2.24, 2.45) is 5.73 Å². The van der Waals surface area contributed by atoms with Crippen LogP contribution in [0.5, 0.6) is 17.2 Å². The number of primary amides is 1. The first kappa shape index (κ1) is 30.8. The minimum atomic E-state index is -4.88. The highest BCUT2D eigenvalue weighted by atomic mass is 19.4. The zero-order valence-corrected chi connectivity index (χ0v) is 24.6. The fourth-order valence-electron chi connectivity index (χ4n) is 5.01. The molecule has 2 amide bonds. The third-order valence-corrected chi connectivity index (χ3v) is 7.93. The number of amides is 2. The lowest BCUT2D eigenvalue weighted by Gasteiger charge is -2.23. The van der Waals surface area contributed by atoms with Gasteiger partial charge < -0.3 is 25.3 Å². The molecule has 2 atom stereocenters. The molecule has 15 heteroatoms. The van der Waals surface area contributed by atoms with E-state index in [9.17, 15) is 27.2 Å². The Kier molecular flexibility index (Phi) is 7.78. The van der Waals surface area contributed by atoms with E-state index in [0.29, 0.717) is 11.4 Å².